The smallest absolute Gasteiger partial charge is 0.271 e. The van der Waals surface area contributed by atoms with E-state index in [4.69, 9.17) is 9.47 Å². The van der Waals surface area contributed by atoms with Gasteiger partial charge in [-0.25, -0.2) is 4.99 Å². The van der Waals surface area contributed by atoms with Crippen LogP contribution in [-0.2, 0) is 4.79 Å². The predicted molar refractivity (Wildman–Crippen MR) is 145 cm³/mol. The van der Waals surface area contributed by atoms with Gasteiger partial charge in [0.15, 0.2) is 4.80 Å². The van der Waals surface area contributed by atoms with Crippen LogP contribution in [-0.4, -0.2) is 24.7 Å². The second kappa shape index (κ2) is 10.3. The number of carbonyl (C=O) groups is 1. The second-order valence-electron chi connectivity index (χ2n) is 8.42. The van der Waals surface area contributed by atoms with Crippen molar-refractivity contribution in [3.05, 3.63) is 121 Å². The molecule has 0 unspecified atom stereocenters. The van der Waals surface area contributed by atoms with Gasteiger partial charge in [0.2, 0.25) is 0 Å². The Morgan fingerprint density at radius 2 is 1.68 bits per heavy atom. The third-order valence-electron chi connectivity index (χ3n) is 6.16. The molecule has 7 nitrogen and oxygen atoms in total. The Labute approximate surface area is 217 Å². The van der Waals surface area contributed by atoms with E-state index >= 15 is 0 Å². The third-order valence-corrected chi connectivity index (χ3v) is 7.14. The highest BCUT2D eigenvalue weighted by Crippen LogP contribution is 2.31. The monoisotopic (exact) mass is 511 g/mol. The van der Waals surface area contributed by atoms with Gasteiger partial charge in [0.1, 0.15) is 11.5 Å². The summed E-state index contributed by atoms with van der Waals surface area (Å²) < 4.78 is 12.9. The van der Waals surface area contributed by atoms with Gasteiger partial charge < -0.3 is 14.8 Å². The van der Waals surface area contributed by atoms with E-state index in [0.29, 0.717) is 37.8 Å². The second-order valence-corrected chi connectivity index (χ2v) is 9.43. The first kappa shape index (κ1) is 24.3. The molecule has 0 saturated heterocycles. The topological polar surface area (TPSA) is 81.9 Å². The minimum atomic E-state index is -0.661. The highest BCUT2D eigenvalue weighted by molar-refractivity contribution is 7.07. The molecule has 1 atom stereocenters. The number of para-hydroxylation sites is 2. The van der Waals surface area contributed by atoms with Crippen molar-refractivity contribution in [3.8, 4) is 11.5 Å². The van der Waals surface area contributed by atoms with Gasteiger partial charge in [-0.1, -0.05) is 59.9 Å². The molecule has 0 spiro atoms. The molecule has 0 aliphatic carbocycles. The zero-order valence-electron chi connectivity index (χ0n) is 20.6. The first-order valence-corrected chi connectivity index (χ1v) is 12.5. The van der Waals surface area contributed by atoms with Crippen LogP contribution in [0.5, 0.6) is 11.5 Å². The summed E-state index contributed by atoms with van der Waals surface area (Å²) in [6, 6.07) is 23.4. The lowest BCUT2D eigenvalue weighted by Gasteiger charge is -2.25. The zero-order valence-corrected chi connectivity index (χ0v) is 21.4. The average Bonchev–Trinajstić information content (AvgIpc) is 3.22. The Kier molecular flexibility index (Phi) is 6.74. The maximum absolute atomic E-state index is 13.8. The van der Waals surface area contributed by atoms with Gasteiger partial charge in [0, 0.05) is 11.3 Å². The van der Waals surface area contributed by atoms with E-state index in [9.17, 15) is 9.59 Å². The van der Waals surface area contributed by atoms with E-state index in [1.54, 1.807) is 31.8 Å². The lowest BCUT2D eigenvalue weighted by molar-refractivity contribution is -0.113. The number of methoxy groups -OCH3 is 2. The molecule has 2 heterocycles. The first-order valence-electron chi connectivity index (χ1n) is 11.7. The molecule has 4 aromatic rings. The van der Waals surface area contributed by atoms with E-state index in [2.05, 4.69) is 10.3 Å². The van der Waals surface area contributed by atoms with E-state index in [0.717, 1.165) is 11.1 Å². The summed E-state index contributed by atoms with van der Waals surface area (Å²) in [7, 11) is 3.19. The van der Waals surface area contributed by atoms with Crippen LogP contribution in [0, 0.1) is 0 Å². The number of anilines is 1. The minimum Gasteiger partial charge on any atom is -0.497 e. The number of benzene rings is 3. The van der Waals surface area contributed by atoms with Gasteiger partial charge in [-0.05, 0) is 48.9 Å². The van der Waals surface area contributed by atoms with Gasteiger partial charge in [-0.15, -0.1) is 0 Å². The highest BCUT2D eigenvalue weighted by Gasteiger charge is 2.32. The Hall–Kier alpha value is -4.43. The number of hydrogen-bond acceptors (Lipinski definition) is 6. The lowest BCUT2D eigenvalue weighted by atomic mass is 9.95. The summed E-state index contributed by atoms with van der Waals surface area (Å²) in [5, 5.41) is 2.96. The molecule has 5 rings (SSSR count). The quantitative estimate of drug-likeness (QED) is 0.426. The Morgan fingerprint density at radius 1 is 0.973 bits per heavy atom. The summed E-state index contributed by atoms with van der Waals surface area (Å²) in [5.41, 5.74) is 2.96. The molecule has 3 aromatic carbocycles. The van der Waals surface area contributed by atoms with Crippen molar-refractivity contribution in [3.63, 3.8) is 0 Å². The summed E-state index contributed by atoms with van der Waals surface area (Å²) in [6.07, 6.45) is 1.80. The number of thiazole rings is 1. The Balaban J connectivity index is 1.68. The van der Waals surface area contributed by atoms with Crippen LogP contribution in [0.4, 0.5) is 5.69 Å². The highest BCUT2D eigenvalue weighted by atomic mass is 32.1. The molecule has 0 bridgehead atoms. The van der Waals surface area contributed by atoms with E-state index in [-0.39, 0.29) is 11.5 Å². The van der Waals surface area contributed by atoms with Gasteiger partial charge in [-0.3, -0.25) is 14.2 Å². The summed E-state index contributed by atoms with van der Waals surface area (Å²) in [4.78, 5) is 32.6. The molecule has 1 amide bonds. The number of nitrogens with one attached hydrogen (secondary N) is 1. The van der Waals surface area contributed by atoms with Crippen molar-refractivity contribution in [2.24, 2.45) is 4.99 Å². The Bertz CT molecular complexity index is 1670. The molecule has 1 N–H and O–H groups in total. The van der Waals surface area contributed by atoms with Gasteiger partial charge in [0.05, 0.1) is 36.1 Å². The molecule has 37 heavy (non-hydrogen) atoms. The van der Waals surface area contributed by atoms with Crippen molar-refractivity contribution in [1.29, 1.82) is 0 Å². The number of nitrogens with zero attached hydrogens (tertiary/aromatic N) is 2. The normalized spacial score (nSPS) is 15.1. The molecule has 0 fully saturated rings. The van der Waals surface area contributed by atoms with Crippen LogP contribution in [0.3, 0.4) is 0 Å². The number of aromatic nitrogens is 1. The van der Waals surface area contributed by atoms with Crippen LogP contribution in [0.2, 0.25) is 0 Å². The third kappa shape index (κ3) is 4.71. The van der Waals surface area contributed by atoms with Crippen LogP contribution in [0.15, 0.2) is 99.9 Å². The Morgan fingerprint density at radius 3 is 2.38 bits per heavy atom. The van der Waals surface area contributed by atoms with Gasteiger partial charge in [-0.2, -0.15) is 0 Å². The molecule has 1 aliphatic rings. The fraction of sp³-hybridized carbons (Fsp3) is 0.138. The summed E-state index contributed by atoms with van der Waals surface area (Å²) in [6.45, 7) is 1.80. The standard InChI is InChI=1S/C29H25N3O4S/c1-18-25(27(33)31-21-10-5-4-6-11-21)26(19-13-15-22(35-2)16-14-19)32-28(34)24(37-29(32)30-18)17-20-9-7-8-12-23(20)36-3/h4-17,26H,1-3H3,(H,31,33)/b24-17+/t26-/m1/s1. The maximum atomic E-state index is 13.8. The van der Waals surface area contributed by atoms with Crippen molar-refractivity contribution < 1.29 is 14.3 Å². The summed E-state index contributed by atoms with van der Waals surface area (Å²) >= 11 is 1.29. The first-order chi connectivity index (χ1) is 18.0. The van der Waals surface area contributed by atoms with Crippen LogP contribution < -0.4 is 29.7 Å². The number of amides is 1. The largest absolute Gasteiger partial charge is 0.497 e. The van der Waals surface area contributed by atoms with Crippen molar-refractivity contribution in [1.82, 2.24) is 4.57 Å². The van der Waals surface area contributed by atoms with Crippen LogP contribution in [0.25, 0.3) is 6.08 Å². The van der Waals surface area contributed by atoms with E-state index in [1.165, 1.54) is 11.3 Å². The molecular weight excluding hydrogens is 486 g/mol. The number of allylic oxidation sites excluding steroid dienone is 1. The van der Waals surface area contributed by atoms with Crippen molar-refractivity contribution in [2.45, 2.75) is 13.0 Å². The maximum Gasteiger partial charge on any atom is 0.271 e. The number of hydrogen-bond donors (Lipinski definition) is 1. The molecule has 1 aromatic heterocycles. The number of carbonyl (C=O) groups excluding carboxylic acids is 1. The fourth-order valence-electron chi connectivity index (χ4n) is 4.36. The van der Waals surface area contributed by atoms with Gasteiger partial charge in [0.25, 0.3) is 11.5 Å². The molecule has 0 saturated carbocycles. The number of fused-ring (bicyclic) bond motifs is 1. The molecule has 186 valence electrons. The minimum absolute atomic E-state index is 0.229. The predicted octanol–water partition coefficient (Wildman–Crippen LogP) is 3.89. The zero-order chi connectivity index (χ0) is 25.9. The van der Waals surface area contributed by atoms with Gasteiger partial charge >= 0.3 is 0 Å². The van der Waals surface area contributed by atoms with E-state index in [1.807, 2.05) is 78.9 Å². The van der Waals surface area contributed by atoms with Crippen molar-refractivity contribution >= 4 is 29.0 Å². The van der Waals surface area contributed by atoms with Crippen molar-refractivity contribution in [2.75, 3.05) is 19.5 Å². The number of rotatable bonds is 6. The SMILES string of the molecule is COc1ccc([C@@H]2C(C(=O)Nc3ccccc3)=C(C)N=c3s/c(=C/c4ccccc4OC)c(=O)n32)cc1. The number of ether oxygens (including phenoxy) is 2. The summed E-state index contributed by atoms with van der Waals surface area (Å²) in [5.74, 6) is 1.04. The fourth-order valence-corrected chi connectivity index (χ4v) is 5.40. The van der Waals surface area contributed by atoms with Crippen LogP contribution in [0.1, 0.15) is 24.1 Å². The lowest BCUT2D eigenvalue weighted by Crippen LogP contribution is -2.40. The van der Waals surface area contributed by atoms with Crippen LogP contribution >= 0.6 is 11.3 Å². The average molecular weight is 512 g/mol. The molecule has 0 radical (unpaired) electrons. The molecule has 1 aliphatic heterocycles. The molecular formula is C29H25N3O4S. The van der Waals surface area contributed by atoms with E-state index < -0.39 is 6.04 Å². The molecule has 8 heteroatoms.